The summed E-state index contributed by atoms with van der Waals surface area (Å²) in [7, 11) is 0. The first-order valence-electron chi connectivity index (χ1n) is 5.34. The zero-order valence-corrected chi connectivity index (χ0v) is 10.4. The Morgan fingerprint density at radius 1 is 1.22 bits per heavy atom. The summed E-state index contributed by atoms with van der Waals surface area (Å²) in [6, 6.07) is 11.6. The Balaban J connectivity index is 2.23. The zero-order chi connectivity index (χ0) is 13.1. The van der Waals surface area contributed by atoms with Crippen LogP contribution in [0.25, 0.3) is 0 Å². The number of benzene rings is 2. The Morgan fingerprint density at radius 2 is 1.89 bits per heavy atom. The monoisotopic (exact) mass is 262 g/mol. The first kappa shape index (κ1) is 12.5. The minimum Gasteiger partial charge on any atom is -0.506 e. The summed E-state index contributed by atoms with van der Waals surface area (Å²) in [5.74, 6) is -0.155. The molecule has 0 aromatic heterocycles. The SMILES string of the molecule is Cc1cc(OC(=O)c2ccccc2)cc(Cl)c1O. The molecule has 2 aromatic carbocycles. The summed E-state index contributed by atoms with van der Waals surface area (Å²) in [4.78, 5) is 11.8. The average molecular weight is 263 g/mol. The van der Waals surface area contributed by atoms with Gasteiger partial charge in [-0.3, -0.25) is 0 Å². The molecule has 0 saturated carbocycles. The summed E-state index contributed by atoms with van der Waals surface area (Å²) >= 11 is 5.81. The standard InChI is InChI=1S/C14H11ClO3/c1-9-7-11(8-12(15)13(9)16)18-14(17)10-5-3-2-4-6-10/h2-8,16H,1H3. The summed E-state index contributed by atoms with van der Waals surface area (Å²) in [5, 5.41) is 9.67. The molecule has 2 aromatic rings. The van der Waals surface area contributed by atoms with Gasteiger partial charge in [0.2, 0.25) is 0 Å². The summed E-state index contributed by atoms with van der Waals surface area (Å²) in [6.07, 6.45) is 0. The number of halogens is 1. The first-order valence-corrected chi connectivity index (χ1v) is 5.72. The lowest BCUT2D eigenvalue weighted by Crippen LogP contribution is -2.08. The lowest BCUT2D eigenvalue weighted by Gasteiger charge is -2.07. The molecule has 0 aliphatic rings. The molecule has 0 fully saturated rings. The van der Waals surface area contributed by atoms with Gasteiger partial charge in [0.1, 0.15) is 11.5 Å². The molecule has 3 nitrogen and oxygen atoms in total. The smallest absolute Gasteiger partial charge is 0.343 e. The van der Waals surface area contributed by atoms with Gasteiger partial charge in [-0.15, -0.1) is 0 Å². The average Bonchev–Trinajstić information content (AvgIpc) is 2.37. The van der Waals surface area contributed by atoms with Crippen molar-refractivity contribution in [2.45, 2.75) is 6.92 Å². The first-order chi connectivity index (χ1) is 8.58. The van der Waals surface area contributed by atoms with E-state index in [9.17, 15) is 9.90 Å². The maximum Gasteiger partial charge on any atom is 0.343 e. The molecule has 0 spiro atoms. The molecule has 2 rings (SSSR count). The Hall–Kier alpha value is -2.00. The van der Waals surface area contributed by atoms with Crippen LogP contribution in [0.5, 0.6) is 11.5 Å². The van der Waals surface area contributed by atoms with E-state index in [-0.39, 0.29) is 10.8 Å². The maximum atomic E-state index is 11.8. The van der Waals surface area contributed by atoms with E-state index in [1.54, 1.807) is 37.3 Å². The van der Waals surface area contributed by atoms with Gasteiger partial charge >= 0.3 is 5.97 Å². The van der Waals surface area contributed by atoms with Crippen molar-refractivity contribution in [2.75, 3.05) is 0 Å². The van der Waals surface area contributed by atoms with Crippen molar-refractivity contribution >= 4 is 17.6 Å². The number of carbonyl (C=O) groups excluding carboxylic acids is 1. The highest BCUT2D eigenvalue weighted by Crippen LogP contribution is 2.31. The molecular weight excluding hydrogens is 252 g/mol. The van der Waals surface area contributed by atoms with Crippen LogP contribution in [0.1, 0.15) is 15.9 Å². The van der Waals surface area contributed by atoms with E-state index in [0.29, 0.717) is 16.9 Å². The van der Waals surface area contributed by atoms with Crippen LogP contribution in [0.2, 0.25) is 5.02 Å². The molecule has 0 amide bonds. The molecule has 0 aliphatic carbocycles. The van der Waals surface area contributed by atoms with E-state index >= 15 is 0 Å². The van der Waals surface area contributed by atoms with E-state index in [1.165, 1.54) is 6.07 Å². The quantitative estimate of drug-likeness (QED) is 0.665. The highest BCUT2D eigenvalue weighted by Gasteiger charge is 2.11. The number of hydrogen-bond acceptors (Lipinski definition) is 3. The molecule has 1 N–H and O–H groups in total. The molecule has 4 heteroatoms. The number of esters is 1. The lowest BCUT2D eigenvalue weighted by atomic mass is 10.2. The van der Waals surface area contributed by atoms with Crippen LogP contribution in [-0.4, -0.2) is 11.1 Å². The van der Waals surface area contributed by atoms with Gasteiger partial charge in [0.05, 0.1) is 10.6 Å². The van der Waals surface area contributed by atoms with Crippen LogP contribution in [0.3, 0.4) is 0 Å². The van der Waals surface area contributed by atoms with E-state index in [1.807, 2.05) is 6.07 Å². The van der Waals surface area contributed by atoms with Crippen LogP contribution in [0.4, 0.5) is 0 Å². The topological polar surface area (TPSA) is 46.5 Å². The third kappa shape index (κ3) is 2.63. The van der Waals surface area contributed by atoms with E-state index in [2.05, 4.69) is 0 Å². The Kier molecular flexibility index (Phi) is 3.53. The summed E-state index contributed by atoms with van der Waals surface area (Å²) < 4.78 is 5.18. The van der Waals surface area contributed by atoms with Gasteiger partial charge in [-0.2, -0.15) is 0 Å². The fraction of sp³-hybridized carbons (Fsp3) is 0.0714. The summed E-state index contributed by atoms with van der Waals surface area (Å²) in [5.41, 5.74) is 1.01. The van der Waals surface area contributed by atoms with Gasteiger partial charge in [-0.25, -0.2) is 4.79 Å². The third-order valence-electron chi connectivity index (χ3n) is 2.45. The van der Waals surface area contributed by atoms with Crippen LogP contribution < -0.4 is 4.74 Å². The molecule has 92 valence electrons. The molecule has 0 unspecified atom stereocenters. The van der Waals surface area contributed by atoms with Gasteiger partial charge in [0.15, 0.2) is 0 Å². The number of rotatable bonds is 2. The van der Waals surface area contributed by atoms with Crippen molar-refractivity contribution in [3.05, 3.63) is 58.6 Å². The number of phenols is 1. The second kappa shape index (κ2) is 5.10. The van der Waals surface area contributed by atoms with Gasteiger partial charge in [-0.1, -0.05) is 29.8 Å². The van der Waals surface area contributed by atoms with Crippen LogP contribution in [0.15, 0.2) is 42.5 Å². The van der Waals surface area contributed by atoms with Crippen molar-refractivity contribution < 1.29 is 14.6 Å². The normalized spacial score (nSPS) is 10.1. The van der Waals surface area contributed by atoms with Crippen LogP contribution in [0, 0.1) is 6.92 Å². The van der Waals surface area contributed by atoms with Gasteiger partial charge < -0.3 is 9.84 Å². The molecule has 0 atom stereocenters. The zero-order valence-electron chi connectivity index (χ0n) is 9.68. The Morgan fingerprint density at radius 3 is 2.50 bits per heavy atom. The van der Waals surface area contributed by atoms with Crippen molar-refractivity contribution in [1.82, 2.24) is 0 Å². The number of aromatic hydroxyl groups is 1. The van der Waals surface area contributed by atoms with Crippen molar-refractivity contribution in [1.29, 1.82) is 0 Å². The largest absolute Gasteiger partial charge is 0.506 e. The van der Waals surface area contributed by atoms with E-state index in [0.717, 1.165) is 0 Å². The second-order valence-electron chi connectivity index (χ2n) is 3.83. The number of carbonyl (C=O) groups is 1. The number of hydrogen-bond donors (Lipinski definition) is 1. The van der Waals surface area contributed by atoms with Gasteiger partial charge in [0, 0.05) is 6.07 Å². The molecule has 0 bridgehead atoms. The molecular formula is C14H11ClO3. The lowest BCUT2D eigenvalue weighted by molar-refractivity contribution is 0.0734. The predicted octanol–water partition coefficient (Wildman–Crippen LogP) is 3.57. The number of phenolic OH excluding ortho intramolecular Hbond substituents is 1. The van der Waals surface area contributed by atoms with Crippen LogP contribution >= 0.6 is 11.6 Å². The molecule has 18 heavy (non-hydrogen) atoms. The summed E-state index contributed by atoms with van der Waals surface area (Å²) in [6.45, 7) is 1.68. The number of ether oxygens (including phenoxy) is 1. The highest BCUT2D eigenvalue weighted by atomic mass is 35.5. The maximum absolute atomic E-state index is 11.8. The highest BCUT2D eigenvalue weighted by molar-refractivity contribution is 6.32. The Bertz CT molecular complexity index is 556. The molecule has 0 heterocycles. The van der Waals surface area contributed by atoms with Crippen molar-refractivity contribution in [3.63, 3.8) is 0 Å². The van der Waals surface area contributed by atoms with Crippen molar-refractivity contribution in [3.8, 4) is 11.5 Å². The number of aryl methyl sites for hydroxylation is 1. The fourth-order valence-electron chi connectivity index (χ4n) is 1.50. The molecule has 0 saturated heterocycles. The minimum absolute atomic E-state index is 0.00354. The van der Waals surface area contributed by atoms with E-state index in [4.69, 9.17) is 16.3 Å². The Labute approximate surface area is 110 Å². The van der Waals surface area contributed by atoms with Crippen molar-refractivity contribution in [2.24, 2.45) is 0 Å². The molecule has 0 aliphatic heterocycles. The molecule has 0 radical (unpaired) electrons. The third-order valence-corrected chi connectivity index (χ3v) is 2.74. The van der Waals surface area contributed by atoms with Gasteiger partial charge in [-0.05, 0) is 30.7 Å². The second-order valence-corrected chi connectivity index (χ2v) is 4.23. The van der Waals surface area contributed by atoms with Crippen LogP contribution in [-0.2, 0) is 0 Å². The predicted molar refractivity (Wildman–Crippen MR) is 69.3 cm³/mol. The van der Waals surface area contributed by atoms with E-state index < -0.39 is 5.97 Å². The fourth-order valence-corrected chi connectivity index (χ4v) is 1.76. The van der Waals surface area contributed by atoms with Gasteiger partial charge in [0.25, 0.3) is 0 Å². The minimum atomic E-state index is -0.461.